The topological polar surface area (TPSA) is 78.6 Å². The van der Waals surface area contributed by atoms with Gasteiger partial charge >= 0.3 is 0 Å². The fourth-order valence-electron chi connectivity index (χ4n) is 4.01. The summed E-state index contributed by atoms with van der Waals surface area (Å²) in [5, 5.41) is 3.80. The van der Waals surface area contributed by atoms with Gasteiger partial charge in [-0.25, -0.2) is 4.98 Å². The van der Waals surface area contributed by atoms with E-state index in [4.69, 9.17) is 4.52 Å². The van der Waals surface area contributed by atoms with Gasteiger partial charge in [-0.15, -0.1) is 0 Å². The highest BCUT2D eigenvalue weighted by atomic mass is 16.5. The molecule has 2 aliphatic rings. The smallest absolute Gasteiger partial charge is 0.276 e. The third-order valence-corrected chi connectivity index (χ3v) is 5.75. The number of carbonyl (C=O) groups excluding carboxylic acids is 1. The summed E-state index contributed by atoms with van der Waals surface area (Å²) in [5.74, 6) is 1.40. The summed E-state index contributed by atoms with van der Waals surface area (Å²) in [4.78, 5) is 28.3. The Kier molecular flexibility index (Phi) is 5.30. The van der Waals surface area contributed by atoms with E-state index in [9.17, 15) is 4.79 Å². The molecule has 150 valence electrons. The summed E-state index contributed by atoms with van der Waals surface area (Å²) in [6.07, 6.45) is 2.72. The number of hydrogen-bond donors (Lipinski definition) is 0. The standard InChI is InChI=1S/C20H28N6O2/c1-14(2)24-8-10-25(11-9-24)20(27)16-6-7-26(13-16)17-4-5-18(21-12-17)19-22-15(3)23-28-19/h4-5,12,14,16H,6-11,13H2,1-3H3/t16-/m0/s1. The molecular weight excluding hydrogens is 356 g/mol. The van der Waals surface area contributed by atoms with Crippen molar-refractivity contribution in [1.29, 1.82) is 0 Å². The fraction of sp³-hybridized carbons (Fsp3) is 0.600. The number of pyridine rings is 1. The number of aryl methyl sites for hydroxylation is 1. The zero-order valence-electron chi connectivity index (χ0n) is 16.8. The van der Waals surface area contributed by atoms with E-state index in [1.54, 1.807) is 6.92 Å². The van der Waals surface area contributed by atoms with Crippen molar-refractivity contribution in [3.63, 3.8) is 0 Å². The van der Waals surface area contributed by atoms with Gasteiger partial charge in [-0.2, -0.15) is 4.98 Å². The van der Waals surface area contributed by atoms with Crippen molar-refractivity contribution < 1.29 is 9.32 Å². The Morgan fingerprint density at radius 1 is 1.18 bits per heavy atom. The van der Waals surface area contributed by atoms with Gasteiger partial charge in [0.05, 0.1) is 17.8 Å². The van der Waals surface area contributed by atoms with E-state index in [1.807, 2.05) is 23.2 Å². The molecule has 2 aromatic heterocycles. The van der Waals surface area contributed by atoms with Crippen LogP contribution in [0.15, 0.2) is 22.9 Å². The van der Waals surface area contributed by atoms with Gasteiger partial charge in [0, 0.05) is 45.3 Å². The van der Waals surface area contributed by atoms with Crippen molar-refractivity contribution in [2.75, 3.05) is 44.2 Å². The Labute approximate surface area is 165 Å². The van der Waals surface area contributed by atoms with Crippen LogP contribution in [0.3, 0.4) is 0 Å². The fourth-order valence-corrected chi connectivity index (χ4v) is 4.01. The summed E-state index contributed by atoms with van der Waals surface area (Å²) >= 11 is 0. The molecule has 2 fully saturated rings. The average molecular weight is 384 g/mol. The van der Waals surface area contributed by atoms with Gasteiger partial charge in [-0.3, -0.25) is 9.69 Å². The highest BCUT2D eigenvalue weighted by Crippen LogP contribution is 2.26. The molecule has 28 heavy (non-hydrogen) atoms. The molecule has 2 saturated heterocycles. The van der Waals surface area contributed by atoms with E-state index in [0.717, 1.165) is 51.4 Å². The lowest BCUT2D eigenvalue weighted by Gasteiger charge is -2.37. The lowest BCUT2D eigenvalue weighted by molar-refractivity contribution is -0.136. The minimum absolute atomic E-state index is 0.0730. The Morgan fingerprint density at radius 2 is 1.96 bits per heavy atom. The third kappa shape index (κ3) is 3.87. The SMILES string of the molecule is Cc1noc(-c2ccc(N3CC[C@H](C(=O)N4CCN(C(C)C)CC4)C3)cn2)n1. The molecule has 1 amide bonds. The number of nitrogens with zero attached hydrogens (tertiary/aromatic N) is 6. The van der Waals surface area contributed by atoms with Crippen molar-refractivity contribution in [1.82, 2.24) is 24.9 Å². The third-order valence-electron chi connectivity index (χ3n) is 5.75. The van der Waals surface area contributed by atoms with Crippen LogP contribution in [0.4, 0.5) is 5.69 Å². The number of piperazine rings is 1. The summed E-state index contributed by atoms with van der Waals surface area (Å²) in [7, 11) is 0. The van der Waals surface area contributed by atoms with Crippen LogP contribution < -0.4 is 4.90 Å². The van der Waals surface area contributed by atoms with E-state index < -0.39 is 0 Å². The molecule has 0 aliphatic carbocycles. The number of aromatic nitrogens is 3. The summed E-state index contributed by atoms with van der Waals surface area (Å²) in [5.41, 5.74) is 1.69. The minimum atomic E-state index is 0.0730. The lowest BCUT2D eigenvalue weighted by Crippen LogP contribution is -2.52. The van der Waals surface area contributed by atoms with Crippen LogP contribution in [0, 0.1) is 12.8 Å². The second-order valence-corrected chi connectivity index (χ2v) is 7.93. The Morgan fingerprint density at radius 3 is 2.57 bits per heavy atom. The van der Waals surface area contributed by atoms with Crippen molar-refractivity contribution in [3.8, 4) is 11.6 Å². The van der Waals surface area contributed by atoms with Crippen molar-refractivity contribution in [2.45, 2.75) is 33.2 Å². The van der Waals surface area contributed by atoms with Crippen LogP contribution >= 0.6 is 0 Å². The second-order valence-electron chi connectivity index (χ2n) is 7.93. The predicted molar refractivity (Wildman–Crippen MR) is 106 cm³/mol. The van der Waals surface area contributed by atoms with E-state index in [2.05, 4.69) is 38.8 Å². The first-order valence-electron chi connectivity index (χ1n) is 10.1. The summed E-state index contributed by atoms with van der Waals surface area (Å²) in [6.45, 7) is 11.5. The Hall–Kier alpha value is -2.48. The molecule has 0 N–H and O–H groups in total. The molecule has 2 aromatic rings. The van der Waals surface area contributed by atoms with Crippen LogP contribution in [0.1, 0.15) is 26.1 Å². The van der Waals surface area contributed by atoms with E-state index in [1.165, 1.54) is 0 Å². The molecule has 0 saturated carbocycles. The number of amides is 1. The molecule has 8 heteroatoms. The maximum atomic E-state index is 12.9. The van der Waals surface area contributed by atoms with Crippen molar-refractivity contribution >= 4 is 11.6 Å². The molecule has 0 bridgehead atoms. The average Bonchev–Trinajstić information content (AvgIpc) is 3.37. The maximum Gasteiger partial charge on any atom is 0.276 e. The largest absolute Gasteiger partial charge is 0.369 e. The number of rotatable bonds is 4. The second kappa shape index (κ2) is 7.87. The van der Waals surface area contributed by atoms with Gasteiger partial charge in [-0.1, -0.05) is 5.16 Å². The van der Waals surface area contributed by atoms with Gasteiger partial charge in [0.25, 0.3) is 5.89 Å². The van der Waals surface area contributed by atoms with Gasteiger partial charge < -0.3 is 14.3 Å². The molecule has 2 aliphatic heterocycles. The minimum Gasteiger partial charge on any atom is -0.369 e. The quantitative estimate of drug-likeness (QED) is 0.795. The molecule has 4 heterocycles. The van der Waals surface area contributed by atoms with Crippen LogP contribution in [-0.2, 0) is 4.79 Å². The normalized spacial score (nSPS) is 20.9. The summed E-state index contributed by atoms with van der Waals surface area (Å²) < 4.78 is 5.16. The number of carbonyl (C=O) groups is 1. The van der Waals surface area contributed by atoms with E-state index >= 15 is 0 Å². The van der Waals surface area contributed by atoms with Crippen molar-refractivity contribution in [2.24, 2.45) is 5.92 Å². The zero-order chi connectivity index (χ0) is 19.7. The van der Waals surface area contributed by atoms with Gasteiger partial charge in [0.1, 0.15) is 5.69 Å². The molecule has 0 spiro atoms. The maximum absolute atomic E-state index is 12.9. The predicted octanol–water partition coefficient (Wildman–Crippen LogP) is 1.82. The molecule has 0 unspecified atom stereocenters. The Balaban J connectivity index is 1.34. The first-order valence-corrected chi connectivity index (χ1v) is 10.1. The van der Waals surface area contributed by atoms with Gasteiger partial charge in [0.2, 0.25) is 5.91 Å². The first kappa shape index (κ1) is 18.9. The number of anilines is 1. The highest BCUT2D eigenvalue weighted by molar-refractivity contribution is 5.80. The van der Waals surface area contributed by atoms with Crippen LogP contribution in [0.5, 0.6) is 0 Å². The molecule has 0 aromatic carbocycles. The van der Waals surface area contributed by atoms with E-state index in [-0.39, 0.29) is 5.92 Å². The van der Waals surface area contributed by atoms with Crippen LogP contribution in [0.25, 0.3) is 11.6 Å². The molecule has 4 rings (SSSR count). The van der Waals surface area contributed by atoms with Crippen LogP contribution in [0.2, 0.25) is 0 Å². The van der Waals surface area contributed by atoms with Crippen molar-refractivity contribution in [3.05, 3.63) is 24.2 Å². The van der Waals surface area contributed by atoms with Crippen LogP contribution in [-0.4, -0.2) is 76.1 Å². The molecule has 1 atom stereocenters. The highest BCUT2D eigenvalue weighted by Gasteiger charge is 2.33. The molecule has 0 radical (unpaired) electrons. The number of hydrogen-bond acceptors (Lipinski definition) is 7. The first-order chi connectivity index (χ1) is 13.5. The van der Waals surface area contributed by atoms with Gasteiger partial charge in [-0.05, 0) is 39.3 Å². The Bertz CT molecular complexity index is 810. The monoisotopic (exact) mass is 384 g/mol. The molecule has 8 nitrogen and oxygen atoms in total. The van der Waals surface area contributed by atoms with E-state index in [0.29, 0.717) is 29.4 Å². The summed E-state index contributed by atoms with van der Waals surface area (Å²) in [6, 6.07) is 4.45. The van der Waals surface area contributed by atoms with Gasteiger partial charge in [0.15, 0.2) is 5.82 Å². The lowest BCUT2D eigenvalue weighted by atomic mass is 10.1. The zero-order valence-corrected chi connectivity index (χ0v) is 16.8. The molecular formula is C20H28N6O2.